The molecule has 0 atom stereocenters. The molecule has 0 radical (unpaired) electrons. The number of alkyl halides is 1. The van der Waals surface area contributed by atoms with E-state index in [-0.39, 0.29) is 21.0 Å². The number of halogens is 1. The molecule has 74 valence electrons. The molecule has 1 nitrogen and oxygen atoms in total. The molecule has 0 saturated heterocycles. The first-order valence-corrected chi connectivity index (χ1v) is 8.57. The Balaban J connectivity index is 2.14. The van der Waals surface area contributed by atoms with Gasteiger partial charge in [0.05, 0.1) is 0 Å². The lowest BCUT2D eigenvalue weighted by Crippen LogP contribution is -1.77. The van der Waals surface area contributed by atoms with Gasteiger partial charge in [0, 0.05) is 19.1 Å². The third-order valence-electron chi connectivity index (χ3n) is 1.86. The Labute approximate surface area is 102 Å². The van der Waals surface area contributed by atoms with Gasteiger partial charge in [0.25, 0.3) is 0 Å². The van der Waals surface area contributed by atoms with Crippen LogP contribution in [0.15, 0.2) is 29.6 Å². The highest BCUT2D eigenvalue weighted by Crippen LogP contribution is 2.31. The summed E-state index contributed by atoms with van der Waals surface area (Å²) in [4.78, 5) is 4.17. The molecule has 2 aromatic rings. The second-order valence-corrected chi connectivity index (χ2v) is 6.77. The summed E-state index contributed by atoms with van der Waals surface area (Å²) in [5.41, 5.74) is 0. The SMILES string of the molecule is N=ICCc1ccc(-c2cccs2)s1. The summed E-state index contributed by atoms with van der Waals surface area (Å²) < 4.78 is 8.30. The second kappa shape index (κ2) is 5.14. The zero-order valence-electron chi connectivity index (χ0n) is 7.50. The molecule has 4 heteroatoms. The van der Waals surface area contributed by atoms with Gasteiger partial charge >= 0.3 is 0 Å². The van der Waals surface area contributed by atoms with E-state index in [0.717, 1.165) is 10.8 Å². The van der Waals surface area contributed by atoms with Crippen LogP contribution in [0.25, 0.3) is 9.75 Å². The molecular weight excluding hydrogens is 325 g/mol. The normalized spacial score (nSPS) is 10.6. The molecule has 0 aliphatic rings. The molecule has 2 aromatic heterocycles. The molecule has 2 heterocycles. The molecule has 0 saturated carbocycles. The maximum atomic E-state index is 7.21. The van der Waals surface area contributed by atoms with Crippen LogP contribution >= 0.6 is 43.7 Å². The molecule has 0 fully saturated rings. The minimum absolute atomic E-state index is 0.296. The van der Waals surface area contributed by atoms with Crippen molar-refractivity contribution in [3.05, 3.63) is 34.5 Å². The van der Waals surface area contributed by atoms with Gasteiger partial charge in [-0.05, 0) is 51.0 Å². The van der Waals surface area contributed by atoms with Crippen molar-refractivity contribution in [2.75, 3.05) is 4.43 Å². The molecule has 0 aliphatic heterocycles. The fraction of sp³-hybridized carbons (Fsp3) is 0.200. The summed E-state index contributed by atoms with van der Waals surface area (Å²) in [7, 11) is 0. The van der Waals surface area contributed by atoms with Gasteiger partial charge < -0.3 is 0 Å². The van der Waals surface area contributed by atoms with Gasteiger partial charge in [-0.2, -0.15) is 0 Å². The number of hydrogen-bond donors (Lipinski definition) is 1. The summed E-state index contributed by atoms with van der Waals surface area (Å²) in [5, 5.41) is 2.12. The van der Waals surface area contributed by atoms with Crippen LogP contribution in [0.2, 0.25) is 0 Å². The van der Waals surface area contributed by atoms with Crippen molar-refractivity contribution in [1.29, 1.82) is 3.56 Å². The molecular formula is C10H10INS2. The van der Waals surface area contributed by atoms with Crippen molar-refractivity contribution >= 4 is 43.7 Å². The highest BCUT2D eigenvalue weighted by Gasteiger charge is 2.02. The number of nitrogens with one attached hydrogen (secondary N) is 1. The fourth-order valence-electron chi connectivity index (χ4n) is 1.20. The Morgan fingerprint density at radius 2 is 2.14 bits per heavy atom. The third-order valence-corrected chi connectivity index (χ3v) is 5.15. The van der Waals surface area contributed by atoms with Gasteiger partial charge in [-0.1, -0.05) is 6.07 Å². The van der Waals surface area contributed by atoms with Crippen LogP contribution in [0.3, 0.4) is 0 Å². The highest BCUT2D eigenvalue weighted by molar-refractivity contribution is 14.1. The maximum Gasteiger partial charge on any atom is 0.0445 e. The lowest BCUT2D eigenvalue weighted by Gasteiger charge is -1.90. The molecule has 14 heavy (non-hydrogen) atoms. The van der Waals surface area contributed by atoms with Crippen molar-refractivity contribution < 1.29 is 0 Å². The first-order chi connectivity index (χ1) is 6.90. The van der Waals surface area contributed by atoms with E-state index in [4.69, 9.17) is 3.56 Å². The number of thiophene rings is 2. The van der Waals surface area contributed by atoms with Gasteiger partial charge in [0.15, 0.2) is 0 Å². The van der Waals surface area contributed by atoms with Crippen LogP contribution in [0.1, 0.15) is 4.88 Å². The Kier molecular flexibility index (Phi) is 3.83. The summed E-state index contributed by atoms with van der Waals surface area (Å²) >= 11 is 3.37. The molecule has 0 spiro atoms. The van der Waals surface area contributed by atoms with Crippen LogP contribution in [-0.2, 0) is 6.42 Å². The van der Waals surface area contributed by atoms with Crippen molar-refractivity contribution in [2.45, 2.75) is 6.42 Å². The monoisotopic (exact) mass is 335 g/mol. The largest absolute Gasteiger partial charge is 0.278 e. The highest BCUT2D eigenvalue weighted by atomic mass is 127. The summed E-state index contributed by atoms with van der Waals surface area (Å²) in [5.74, 6) is 0. The molecule has 0 unspecified atom stereocenters. The summed E-state index contributed by atoms with van der Waals surface area (Å²) in [6.45, 7) is 0. The predicted octanol–water partition coefficient (Wildman–Crippen LogP) is 4.75. The maximum absolute atomic E-state index is 7.21. The first kappa shape index (κ1) is 10.4. The van der Waals surface area contributed by atoms with Crippen molar-refractivity contribution in [3.8, 4) is 9.75 Å². The van der Waals surface area contributed by atoms with Crippen LogP contribution in [0, 0.1) is 3.56 Å². The Bertz CT molecular complexity index is 405. The number of rotatable bonds is 4. The van der Waals surface area contributed by atoms with E-state index in [2.05, 4.69) is 29.6 Å². The van der Waals surface area contributed by atoms with Crippen molar-refractivity contribution in [3.63, 3.8) is 0 Å². The topological polar surface area (TPSA) is 23.9 Å². The van der Waals surface area contributed by atoms with E-state index in [1.165, 1.54) is 14.6 Å². The van der Waals surface area contributed by atoms with Gasteiger partial charge in [-0.25, -0.2) is 0 Å². The molecule has 0 aliphatic carbocycles. The number of aryl methyl sites for hydroxylation is 1. The van der Waals surface area contributed by atoms with E-state index < -0.39 is 0 Å². The van der Waals surface area contributed by atoms with Gasteiger partial charge in [0.2, 0.25) is 0 Å². The summed E-state index contributed by atoms with van der Waals surface area (Å²) in [6, 6.07) is 8.67. The van der Waals surface area contributed by atoms with Crippen LogP contribution < -0.4 is 0 Å². The van der Waals surface area contributed by atoms with Gasteiger partial charge in [-0.15, -0.1) is 22.7 Å². The zero-order chi connectivity index (χ0) is 9.80. The third kappa shape index (κ3) is 2.49. The lowest BCUT2D eigenvalue weighted by molar-refractivity contribution is 1.23. The zero-order valence-corrected chi connectivity index (χ0v) is 11.3. The standard InChI is InChI=1S/C10H10INS2/c12-11-6-5-8-3-4-10(14-8)9-2-1-7-13-9/h1-4,7,12H,5-6H2. The Morgan fingerprint density at radius 1 is 1.21 bits per heavy atom. The molecule has 0 aromatic carbocycles. The summed E-state index contributed by atoms with van der Waals surface area (Å²) in [6.07, 6.45) is 1.10. The lowest BCUT2D eigenvalue weighted by atomic mass is 10.3. The van der Waals surface area contributed by atoms with Crippen LogP contribution in [-0.4, -0.2) is 4.43 Å². The second-order valence-electron chi connectivity index (χ2n) is 2.82. The van der Waals surface area contributed by atoms with E-state index in [0.29, 0.717) is 0 Å². The minimum Gasteiger partial charge on any atom is -0.278 e. The first-order valence-electron chi connectivity index (χ1n) is 4.27. The Hall–Kier alpha value is -0.0700. The van der Waals surface area contributed by atoms with Crippen molar-refractivity contribution in [1.82, 2.24) is 0 Å². The molecule has 0 bridgehead atoms. The quantitative estimate of drug-likeness (QED) is 0.616. The smallest absolute Gasteiger partial charge is 0.0445 e. The van der Waals surface area contributed by atoms with E-state index >= 15 is 0 Å². The van der Waals surface area contributed by atoms with E-state index in [9.17, 15) is 0 Å². The fourth-order valence-corrected chi connectivity index (χ4v) is 4.26. The molecule has 1 N–H and O–H groups in total. The number of hydrogen-bond acceptors (Lipinski definition) is 3. The van der Waals surface area contributed by atoms with Crippen LogP contribution in [0.5, 0.6) is 0 Å². The average molecular weight is 335 g/mol. The minimum atomic E-state index is -0.296. The molecule has 2 rings (SSSR count). The predicted molar refractivity (Wildman–Crippen MR) is 72.9 cm³/mol. The van der Waals surface area contributed by atoms with Gasteiger partial charge in [0.1, 0.15) is 0 Å². The van der Waals surface area contributed by atoms with Crippen molar-refractivity contribution in [2.24, 2.45) is 0 Å². The van der Waals surface area contributed by atoms with Crippen LogP contribution in [0.4, 0.5) is 0 Å². The Morgan fingerprint density at radius 3 is 2.86 bits per heavy atom. The van der Waals surface area contributed by atoms with Gasteiger partial charge in [-0.3, -0.25) is 3.56 Å². The molecule has 0 amide bonds. The average Bonchev–Trinajstić information content (AvgIpc) is 2.85. The van der Waals surface area contributed by atoms with E-state index in [1.54, 1.807) is 11.3 Å². The van der Waals surface area contributed by atoms with E-state index in [1.807, 2.05) is 11.3 Å².